The van der Waals surface area contributed by atoms with E-state index >= 15 is 0 Å². The minimum Gasteiger partial charge on any atom is -0.487 e. The second kappa shape index (κ2) is 6.61. The molecule has 1 aromatic carbocycles. The van der Waals surface area contributed by atoms with Crippen LogP contribution in [0.5, 0.6) is 5.75 Å². The number of nitrogens with zero attached hydrogens (tertiary/aromatic N) is 4. The van der Waals surface area contributed by atoms with Gasteiger partial charge in [0.05, 0.1) is 0 Å². The van der Waals surface area contributed by atoms with Crippen LogP contribution >= 0.6 is 0 Å². The van der Waals surface area contributed by atoms with E-state index in [1.807, 2.05) is 19.9 Å². The van der Waals surface area contributed by atoms with Crippen LogP contribution in [0.25, 0.3) is 5.78 Å². The summed E-state index contributed by atoms with van der Waals surface area (Å²) < 4.78 is 25.1. The lowest BCUT2D eigenvalue weighted by atomic mass is 10.3. The van der Waals surface area contributed by atoms with Crippen molar-refractivity contribution in [3.05, 3.63) is 53.4 Å². The average molecular weight is 330 g/mol. The van der Waals surface area contributed by atoms with Gasteiger partial charge in [-0.15, -0.1) is 5.10 Å². The molecule has 0 fully saturated rings. The molecule has 0 aliphatic carbocycles. The first-order valence-electron chi connectivity index (χ1n) is 7.30. The smallest absolute Gasteiger partial charge is 0.378 e. The SMILES string of the molecule is Cc1cc(C)n2nc(C(=O)OCCOc3ccccc3F)nc2n1. The zero-order chi connectivity index (χ0) is 17.1. The number of benzene rings is 1. The third-order valence-corrected chi connectivity index (χ3v) is 3.21. The molecule has 0 radical (unpaired) electrons. The molecule has 0 saturated heterocycles. The van der Waals surface area contributed by atoms with Crippen molar-refractivity contribution >= 4 is 11.7 Å². The number of halogens is 1. The van der Waals surface area contributed by atoms with E-state index in [-0.39, 0.29) is 24.8 Å². The van der Waals surface area contributed by atoms with Crippen LogP contribution in [-0.4, -0.2) is 38.8 Å². The average Bonchev–Trinajstić information content (AvgIpc) is 2.97. The first kappa shape index (κ1) is 15.9. The maximum atomic E-state index is 13.4. The number of hydrogen-bond acceptors (Lipinski definition) is 6. The molecule has 0 unspecified atom stereocenters. The molecular weight excluding hydrogens is 315 g/mol. The Morgan fingerprint density at radius 1 is 1.21 bits per heavy atom. The van der Waals surface area contributed by atoms with Crippen molar-refractivity contribution in [1.29, 1.82) is 0 Å². The van der Waals surface area contributed by atoms with Gasteiger partial charge in [0.25, 0.3) is 11.6 Å². The zero-order valence-electron chi connectivity index (χ0n) is 13.2. The summed E-state index contributed by atoms with van der Waals surface area (Å²) >= 11 is 0. The molecule has 124 valence electrons. The first-order valence-corrected chi connectivity index (χ1v) is 7.30. The number of ether oxygens (including phenoxy) is 2. The third-order valence-electron chi connectivity index (χ3n) is 3.21. The van der Waals surface area contributed by atoms with Gasteiger partial charge in [-0.2, -0.15) is 4.98 Å². The summed E-state index contributed by atoms with van der Waals surface area (Å²) in [5.41, 5.74) is 1.59. The lowest BCUT2D eigenvalue weighted by molar-refractivity contribution is 0.0434. The summed E-state index contributed by atoms with van der Waals surface area (Å²) in [6, 6.07) is 7.84. The lowest BCUT2D eigenvalue weighted by Crippen LogP contribution is -2.14. The Morgan fingerprint density at radius 2 is 2.00 bits per heavy atom. The van der Waals surface area contributed by atoms with E-state index in [2.05, 4.69) is 15.1 Å². The highest BCUT2D eigenvalue weighted by atomic mass is 19.1. The first-order chi connectivity index (χ1) is 11.5. The van der Waals surface area contributed by atoms with Crippen LogP contribution in [0, 0.1) is 19.7 Å². The van der Waals surface area contributed by atoms with E-state index in [1.165, 1.54) is 16.6 Å². The van der Waals surface area contributed by atoms with Crippen molar-refractivity contribution in [3.8, 4) is 5.75 Å². The summed E-state index contributed by atoms with van der Waals surface area (Å²) in [6.45, 7) is 3.65. The number of fused-ring (bicyclic) bond motifs is 1. The normalized spacial score (nSPS) is 10.8. The van der Waals surface area contributed by atoms with Crippen molar-refractivity contribution < 1.29 is 18.7 Å². The maximum absolute atomic E-state index is 13.4. The lowest BCUT2D eigenvalue weighted by Gasteiger charge is -2.06. The highest BCUT2D eigenvalue weighted by Crippen LogP contribution is 2.15. The predicted octanol–water partition coefficient (Wildman–Crippen LogP) is 2.12. The number of aryl methyl sites for hydroxylation is 2. The highest BCUT2D eigenvalue weighted by molar-refractivity contribution is 5.85. The quantitative estimate of drug-likeness (QED) is 0.527. The van der Waals surface area contributed by atoms with Gasteiger partial charge in [-0.3, -0.25) is 0 Å². The van der Waals surface area contributed by atoms with Crippen LogP contribution in [0.3, 0.4) is 0 Å². The highest BCUT2D eigenvalue weighted by Gasteiger charge is 2.16. The van der Waals surface area contributed by atoms with Crippen LogP contribution in [-0.2, 0) is 4.74 Å². The Balaban J connectivity index is 1.59. The van der Waals surface area contributed by atoms with Crippen LogP contribution in [0.15, 0.2) is 30.3 Å². The van der Waals surface area contributed by atoms with E-state index in [0.29, 0.717) is 5.78 Å². The van der Waals surface area contributed by atoms with E-state index in [4.69, 9.17) is 9.47 Å². The van der Waals surface area contributed by atoms with Gasteiger partial charge in [0.1, 0.15) is 13.2 Å². The molecule has 0 bridgehead atoms. The molecule has 3 aromatic rings. The van der Waals surface area contributed by atoms with E-state index in [0.717, 1.165) is 11.4 Å². The van der Waals surface area contributed by atoms with Crippen LogP contribution in [0.1, 0.15) is 22.0 Å². The predicted molar refractivity (Wildman–Crippen MR) is 82.4 cm³/mol. The number of hydrogen-bond donors (Lipinski definition) is 0. The fourth-order valence-electron chi connectivity index (χ4n) is 2.17. The minimum absolute atomic E-state index is 0.0242. The van der Waals surface area contributed by atoms with E-state index < -0.39 is 11.8 Å². The van der Waals surface area contributed by atoms with Gasteiger partial charge in [0.2, 0.25) is 0 Å². The van der Waals surface area contributed by atoms with Crippen molar-refractivity contribution in [2.75, 3.05) is 13.2 Å². The standard InChI is InChI=1S/C16H15FN4O3/c1-10-9-11(2)21-16(18-10)19-14(20-21)15(22)24-8-7-23-13-6-4-3-5-12(13)17/h3-6,9H,7-8H2,1-2H3. The number of aromatic nitrogens is 4. The molecule has 3 rings (SSSR count). The summed E-state index contributed by atoms with van der Waals surface area (Å²) in [6.07, 6.45) is 0. The molecule has 0 spiro atoms. The van der Waals surface area contributed by atoms with Gasteiger partial charge in [0.15, 0.2) is 11.6 Å². The minimum atomic E-state index is -0.685. The van der Waals surface area contributed by atoms with Gasteiger partial charge < -0.3 is 9.47 Å². The third kappa shape index (κ3) is 3.32. The molecule has 0 N–H and O–H groups in total. The van der Waals surface area contributed by atoms with E-state index in [1.54, 1.807) is 12.1 Å². The number of para-hydroxylation sites is 1. The molecule has 0 aliphatic heterocycles. The molecule has 0 amide bonds. The Kier molecular flexibility index (Phi) is 4.37. The molecule has 0 aliphatic rings. The fourth-order valence-corrected chi connectivity index (χ4v) is 2.17. The summed E-state index contributed by atoms with van der Waals surface area (Å²) in [7, 11) is 0. The van der Waals surface area contributed by atoms with Gasteiger partial charge in [-0.05, 0) is 32.0 Å². The van der Waals surface area contributed by atoms with Gasteiger partial charge in [0, 0.05) is 11.4 Å². The molecule has 0 atom stereocenters. The van der Waals surface area contributed by atoms with Crippen molar-refractivity contribution in [1.82, 2.24) is 19.6 Å². The van der Waals surface area contributed by atoms with Crippen LogP contribution < -0.4 is 4.74 Å². The second-order valence-corrected chi connectivity index (χ2v) is 5.10. The summed E-state index contributed by atoms with van der Waals surface area (Å²) in [4.78, 5) is 20.2. The molecule has 7 nitrogen and oxygen atoms in total. The molecule has 0 saturated carbocycles. The van der Waals surface area contributed by atoms with Crippen molar-refractivity contribution in [3.63, 3.8) is 0 Å². The van der Waals surface area contributed by atoms with Crippen molar-refractivity contribution in [2.45, 2.75) is 13.8 Å². The van der Waals surface area contributed by atoms with Gasteiger partial charge in [-0.25, -0.2) is 18.7 Å². The van der Waals surface area contributed by atoms with E-state index in [9.17, 15) is 9.18 Å². The number of esters is 1. The summed E-state index contributed by atoms with van der Waals surface area (Å²) in [5.74, 6) is -0.795. The van der Waals surface area contributed by atoms with Crippen LogP contribution in [0.4, 0.5) is 4.39 Å². The number of carbonyl (C=O) groups excluding carboxylic acids is 1. The van der Waals surface area contributed by atoms with Crippen LogP contribution in [0.2, 0.25) is 0 Å². The number of rotatable bonds is 5. The second-order valence-electron chi connectivity index (χ2n) is 5.10. The molecule has 24 heavy (non-hydrogen) atoms. The molecule has 2 heterocycles. The molecule has 8 heteroatoms. The van der Waals surface area contributed by atoms with Crippen molar-refractivity contribution in [2.24, 2.45) is 0 Å². The van der Waals surface area contributed by atoms with Gasteiger partial charge >= 0.3 is 5.97 Å². The summed E-state index contributed by atoms with van der Waals surface area (Å²) in [5, 5.41) is 4.07. The topological polar surface area (TPSA) is 78.6 Å². The zero-order valence-corrected chi connectivity index (χ0v) is 13.2. The largest absolute Gasteiger partial charge is 0.487 e. The Bertz CT molecular complexity index is 894. The van der Waals surface area contributed by atoms with Gasteiger partial charge in [-0.1, -0.05) is 12.1 Å². The Hall–Kier alpha value is -3.03. The monoisotopic (exact) mass is 330 g/mol. The Morgan fingerprint density at radius 3 is 2.79 bits per heavy atom. The Labute approximate surface area is 137 Å². The maximum Gasteiger partial charge on any atom is 0.378 e. The molecular formula is C16H15FN4O3. The fraction of sp³-hybridized carbons (Fsp3) is 0.250. The molecule has 2 aromatic heterocycles. The number of carbonyl (C=O) groups is 1.